The van der Waals surface area contributed by atoms with Gasteiger partial charge in [-0.3, -0.25) is 0 Å². The van der Waals surface area contributed by atoms with Gasteiger partial charge in [-0.05, 0) is 30.3 Å². The molecule has 2 aromatic carbocycles. The SMILES string of the molecule is COC(=O)c1cc(Br)ccc1Nc1ccccc1. The predicted octanol–water partition coefficient (Wildman–Crippen LogP) is 3.98. The topological polar surface area (TPSA) is 38.3 Å². The summed E-state index contributed by atoms with van der Waals surface area (Å²) >= 11 is 3.34. The van der Waals surface area contributed by atoms with Crippen LogP contribution in [0.5, 0.6) is 0 Å². The summed E-state index contributed by atoms with van der Waals surface area (Å²) in [6, 6.07) is 15.1. The van der Waals surface area contributed by atoms with Crippen LogP contribution < -0.4 is 5.32 Å². The molecule has 0 aliphatic heterocycles. The summed E-state index contributed by atoms with van der Waals surface area (Å²) in [7, 11) is 1.37. The largest absolute Gasteiger partial charge is 0.465 e. The number of benzene rings is 2. The van der Waals surface area contributed by atoms with Gasteiger partial charge in [0.05, 0.1) is 18.4 Å². The number of nitrogens with one attached hydrogen (secondary N) is 1. The van der Waals surface area contributed by atoms with Gasteiger partial charge in [0.2, 0.25) is 0 Å². The first-order valence-corrected chi connectivity index (χ1v) is 6.20. The minimum atomic E-state index is -0.366. The highest BCUT2D eigenvalue weighted by molar-refractivity contribution is 9.10. The second-order valence-corrected chi connectivity index (χ2v) is 4.59. The second-order valence-electron chi connectivity index (χ2n) is 3.67. The van der Waals surface area contributed by atoms with Gasteiger partial charge in [0, 0.05) is 10.2 Å². The molecule has 0 aliphatic carbocycles. The van der Waals surface area contributed by atoms with Crippen LogP contribution in [0.25, 0.3) is 0 Å². The van der Waals surface area contributed by atoms with Gasteiger partial charge >= 0.3 is 5.97 Å². The molecular formula is C14H12BrNO2. The Hall–Kier alpha value is -1.81. The molecule has 0 aromatic heterocycles. The van der Waals surface area contributed by atoms with Crippen LogP contribution in [0.4, 0.5) is 11.4 Å². The molecule has 0 aliphatic rings. The normalized spacial score (nSPS) is 9.89. The predicted molar refractivity (Wildman–Crippen MR) is 75.2 cm³/mol. The molecule has 0 saturated carbocycles. The number of para-hydroxylation sites is 1. The fourth-order valence-electron chi connectivity index (χ4n) is 1.58. The Morgan fingerprint density at radius 1 is 1.17 bits per heavy atom. The van der Waals surface area contributed by atoms with Crippen LogP contribution in [0.1, 0.15) is 10.4 Å². The van der Waals surface area contributed by atoms with Gasteiger partial charge in [0.25, 0.3) is 0 Å². The molecule has 0 fully saturated rings. The third-order valence-corrected chi connectivity index (χ3v) is 2.93. The minimum Gasteiger partial charge on any atom is -0.465 e. The number of ether oxygens (including phenoxy) is 1. The molecule has 3 nitrogen and oxygen atoms in total. The summed E-state index contributed by atoms with van der Waals surface area (Å²) in [4.78, 5) is 11.7. The Balaban J connectivity index is 2.35. The molecule has 0 atom stereocenters. The van der Waals surface area contributed by atoms with E-state index in [0.717, 1.165) is 15.8 Å². The molecule has 0 radical (unpaired) electrons. The maximum absolute atomic E-state index is 11.7. The monoisotopic (exact) mass is 305 g/mol. The molecular weight excluding hydrogens is 294 g/mol. The van der Waals surface area contributed by atoms with Gasteiger partial charge in [-0.25, -0.2) is 4.79 Å². The van der Waals surface area contributed by atoms with Crippen molar-refractivity contribution in [3.8, 4) is 0 Å². The highest BCUT2D eigenvalue weighted by atomic mass is 79.9. The lowest BCUT2D eigenvalue weighted by Gasteiger charge is -2.11. The Morgan fingerprint density at radius 2 is 1.89 bits per heavy atom. The molecule has 0 saturated heterocycles. The lowest BCUT2D eigenvalue weighted by molar-refractivity contribution is 0.0602. The van der Waals surface area contributed by atoms with E-state index in [0.29, 0.717) is 5.56 Å². The average molecular weight is 306 g/mol. The maximum Gasteiger partial charge on any atom is 0.340 e. The minimum absolute atomic E-state index is 0.366. The first-order chi connectivity index (χ1) is 8.70. The van der Waals surface area contributed by atoms with E-state index in [9.17, 15) is 4.79 Å². The molecule has 0 spiro atoms. The van der Waals surface area contributed by atoms with E-state index in [1.165, 1.54) is 7.11 Å². The van der Waals surface area contributed by atoms with Crippen molar-refractivity contribution in [3.05, 3.63) is 58.6 Å². The van der Waals surface area contributed by atoms with Crippen molar-refractivity contribution in [1.82, 2.24) is 0 Å². The van der Waals surface area contributed by atoms with Crippen molar-refractivity contribution in [2.24, 2.45) is 0 Å². The van der Waals surface area contributed by atoms with Crippen LogP contribution in [-0.2, 0) is 4.74 Å². The van der Waals surface area contributed by atoms with E-state index >= 15 is 0 Å². The van der Waals surface area contributed by atoms with Crippen LogP contribution in [0, 0.1) is 0 Å². The third kappa shape index (κ3) is 2.90. The van der Waals surface area contributed by atoms with E-state index in [2.05, 4.69) is 21.2 Å². The number of hydrogen-bond donors (Lipinski definition) is 1. The molecule has 92 valence electrons. The van der Waals surface area contributed by atoms with Crippen molar-refractivity contribution >= 4 is 33.3 Å². The van der Waals surface area contributed by atoms with E-state index < -0.39 is 0 Å². The highest BCUT2D eigenvalue weighted by Gasteiger charge is 2.12. The summed E-state index contributed by atoms with van der Waals surface area (Å²) in [5, 5.41) is 3.19. The van der Waals surface area contributed by atoms with Crippen molar-refractivity contribution in [1.29, 1.82) is 0 Å². The number of esters is 1. The number of anilines is 2. The average Bonchev–Trinajstić information content (AvgIpc) is 2.41. The van der Waals surface area contributed by atoms with E-state index in [1.807, 2.05) is 42.5 Å². The fourth-order valence-corrected chi connectivity index (χ4v) is 1.94. The summed E-state index contributed by atoms with van der Waals surface area (Å²) < 4.78 is 5.60. The van der Waals surface area contributed by atoms with Crippen molar-refractivity contribution in [2.45, 2.75) is 0 Å². The Labute approximate surface area is 114 Å². The van der Waals surface area contributed by atoms with E-state index in [1.54, 1.807) is 6.07 Å². The number of methoxy groups -OCH3 is 1. The number of hydrogen-bond acceptors (Lipinski definition) is 3. The molecule has 4 heteroatoms. The fraction of sp³-hybridized carbons (Fsp3) is 0.0714. The number of carbonyl (C=O) groups excluding carboxylic acids is 1. The van der Waals surface area contributed by atoms with E-state index in [-0.39, 0.29) is 5.97 Å². The zero-order chi connectivity index (χ0) is 13.0. The zero-order valence-electron chi connectivity index (χ0n) is 9.81. The summed E-state index contributed by atoms with van der Waals surface area (Å²) in [6.45, 7) is 0. The van der Waals surface area contributed by atoms with Crippen molar-refractivity contribution in [2.75, 3.05) is 12.4 Å². The summed E-state index contributed by atoms with van der Waals surface area (Å²) in [6.07, 6.45) is 0. The van der Waals surface area contributed by atoms with Crippen molar-refractivity contribution in [3.63, 3.8) is 0 Å². The Kier molecular flexibility index (Phi) is 3.99. The van der Waals surface area contributed by atoms with Gasteiger partial charge in [-0.2, -0.15) is 0 Å². The van der Waals surface area contributed by atoms with Gasteiger partial charge in [-0.1, -0.05) is 34.1 Å². The Morgan fingerprint density at radius 3 is 2.56 bits per heavy atom. The van der Waals surface area contributed by atoms with Crippen LogP contribution in [0.2, 0.25) is 0 Å². The quantitative estimate of drug-likeness (QED) is 0.872. The molecule has 18 heavy (non-hydrogen) atoms. The van der Waals surface area contributed by atoms with Crippen LogP contribution >= 0.6 is 15.9 Å². The summed E-state index contributed by atoms with van der Waals surface area (Å²) in [5.41, 5.74) is 2.14. The standard InChI is InChI=1S/C14H12BrNO2/c1-18-14(17)12-9-10(15)7-8-13(12)16-11-5-3-2-4-6-11/h2-9,16H,1H3. The smallest absolute Gasteiger partial charge is 0.340 e. The number of halogens is 1. The Bertz CT molecular complexity index is 555. The summed E-state index contributed by atoms with van der Waals surface area (Å²) in [5.74, 6) is -0.366. The third-order valence-electron chi connectivity index (χ3n) is 2.44. The zero-order valence-corrected chi connectivity index (χ0v) is 11.4. The molecule has 2 rings (SSSR count). The molecule has 1 N–H and O–H groups in total. The molecule has 0 heterocycles. The lowest BCUT2D eigenvalue weighted by atomic mass is 10.1. The molecule has 0 bridgehead atoms. The van der Waals surface area contributed by atoms with Gasteiger partial charge in [0.15, 0.2) is 0 Å². The first-order valence-electron chi connectivity index (χ1n) is 5.40. The van der Waals surface area contributed by atoms with Gasteiger partial charge in [0.1, 0.15) is 0 Å². The maximum atomic E-state index is 11.7. The van der Waals surface area contributed by atoms with E-state index in [4.69, 9.17) is 4.74 Å². The van der Waals surface area contributed by atoms with Gasteiger partial charge < -0.3 is 10.1 Å². The van der Waals surface area contributed by atoms with Crippen LogP contribution in [0.15, 0.2) is 53.0 Å². The second kappa shape index (κ2) is 5.69. The van der Waals surface area contributed by atoms with Crippen molar-refractivity contribution < 1.29 is 9.53 Å². The molecule has 0 unspecified atom stereocenters. The molecule has 2 aromatic rings. The molecule has 0 amide bonds. The van der Waals surface area contributed by atoms with Gasteiger partial charge in [-0.15, -0.1) is 0 Å². The van der Waals surface area contributed by atoms with Crippen LogP contribution in [0.3, 0.4) is 0 Å². The van der Waals surface area contributed by atoms with Crippen LogP contribution in [-0.4, -0.2) is 13.1 Å². The highest BCUT2D eigenvalue weighted by Crippen LogP contribution is 2.25. The first kappa shape index (κ1) is 12.6. The number of rotatable bonds is 3. The lowest BCUT2D eigenvalue weighted by Crippen LogP contribution is -2.05. The number of carbonyl (C=O) groups is 1.